The fourth-order valence-corrected chi connectivity index (χ4v) is 4.12. The van der Waals surface area contributed by atoms with E-state index in [9.17, 15) is 17.2 Å². The van der Waals surface area contributed by atoms with Crippen molar-refractivity contribution in [3.63, 3.8) is 0 Å². The molecule has 0 aliphatic rings. The van der Waals surface area contributed by atoms with Crippen LogP contribution >= 0.6 is 0 Å². The van der Waals surface area contributed by atoms with E-state index in [0.717, 1.165) is 18.2 Å². The van der Waals surface area contributed by atoms with Crippen molar-refractivity contribution in [2.75, 3.05) is 4.72 Å². The van der Waals surface area contributed by atoms with Crippen LogP contribution in [0.5, 0.6) is 0 Å². The van der Waals surface area contributed by atoms with Gasteiger partial charge in [-0.15, -0.1) is 0 Å². The van der Waals surface area contributed by atoms with Crippen molar-refractivity contribution in [2.45, 2.75) is 31.6 Å². The van der Waals surface area contributed by atoms with Gasteiger partial charge < -0.3 is 4.52 Å². The molecule has 5 nitrogen and oxygen atoms in total. The SMILES string of the molecule is Cc1cc(-c2ccc(C(C)C)c(S(=O)(=O)Nc3cc(F)ccc3F)c2)on1. The van der Waals surface area contributed by atoms with E-state index in [-0.39, 0.29) is 10.8 Å². The number of nitrogens with one attached hydrogen (secondary N) is 1. The summed E-state index contributed by atoms with van der Waals surface area (Å²) in [6.45, 7) is 5.44. The van der Waals surface area contributed by atoms with Gasteiger partial charge in [0, 0.05) is 17.7 Å². The molecule has 1 heterocycles. The minimum atomic E-state index is -4.17. The lowest BCUT2D eigenvalue weighted by Gasteiger charge is -2.16. The molecular weight excluding hydrogens is 374 g/mol. The van der Waals surface area contributed by atoms with Crippen LogP contribution in [0.1, 0.15) is 31.0 Å². The zero-order chi connectivity index (χ0) is 19.8. The number of hydrogen-bond acceptors (Lipinski definition) is 4. The Kier molecular flexibility index (Phi) is 5.01. The van der Waals surface area contributed by atoms with E-state index in [1.807, 2.05) is 13.8 Å². The van der Waals surface area contributed by atoms with Crippen molar-refractivity contribution in [3.8, 4) is 11.3 Å². The lowest BCUT2D eigenvalue weighted by molar-refractivity contribution is 0.427. The molecule has 0 aliphatic carbocycles. The van der Waals surface area contributed by atoms with E-state index < -0.39 is 27.3 Å². The number of halogens is 2. The first-order valence-corrected chi connectivity index (χ1v) is 9.71. The molecule has 0 bridgehead atoms. The third-order valence-corrected chi connectivity index (χ3v) is 5.43. The second kappa shape index (κ2) is 7.11. The smallest absolute Gasteiger partial charge is 0.262 e. The van der Waals surface area contributed by atoms with Gasteiger partial charge in [-0.1, -0.05) is 31.1 Å². The minimum absolute atomic E-state index is 0.0345. The number of rotatable bonds is 5. The van der Waals surface area contributed by atoms with E-state index in [0.29, 0.717) is 22.6 Å². The second-order valence-electron chi connectivity index (χ2n) is 6.47. The highest BCUT2D eigenvalue weighted by Gasteiger charge is 2.23. The van der Waals surface area contributed by atoms with Crippen LogP contribution in [0.25, 0.3) is 11.3 Å². The summed E-state index contributed by atoms with van der Waals surface area (Å²) in [5.41, 5.74) is 1.26. The predicted molar refractivity (Wildman–Crippen MR) is 97.9 cm³/mol. The molecule has 0 fully saturated rings. The average molecular weight is 392 g/mol. The Labute approximate surface area is 156 Å². The van der Waals surface area contributed by atoms with E-state index in [1.54, 1.807) is 25.1 Å². The minimum Gasteiger partial charge on any atom is -0.356 e. The molecular formula is C19H18F2N2O3S. The van der Waals surface area contributed by atoms with Gasteiger partial charge in [-0.3, -0.25) is 4.72 Å². The van der Waals surface area contributed by atoms with Crippen molar-refractivity contribution in [2.24, 2.45) is 0 Å². The Balaban J connectivity index is 2.10. The van der Waals surface area contributed by atoms with Gasteiger partial charge >= 0.3 is 0 Å². The molecule has 0 saturated heterocycles. The number of sulfonamides is 1. The Morgan fingerprint density at radius 3 is 2.44 bits per heavy atom. The van der Waals surface area contributed by atoms with Crippen LogP contribution in [-0.2, 0) is 10.0 Å². The third-order valence-electron chi connectivity index (χ3n) is 4.01. The quantitative estimate of drug-likeness (QED) is 0.674. The highest BCUT2D eigenvalue weighted by atomic mass is 32.2. The van der Waals surface area contributed by atoms with Gasteiger partial charge in [-0.2, -0.15) is 0 Å². The fraction of sp³-hybridized carbons (Fsp3) is 0.211. The Hall–Kier alpha value is -2.74. The molecule has 3 aromatic rings. The summed E-state index contributed by atoms with van der Waals surface area (Å²) in [7, 11) is -4.17. The second-order valence-corrected chi connectivity index (χ2v) is 8.12. The van der Waals surface area contributed by atoms with Crippen molar-refractivity contribution in [3.05, 3.63) is 65.4 Å². The zero-order valence-electron chi connectivity index (χ0n) is 15.0. The van der Waals surface area contributed by atoms with Crippen molar-refractivity contribution < 1.29 is 21.7 Å². The maximum Gasteiger partial charge on any atom is 0.262 e. The van der Waals surface area contributed by atoms with Crippen LogP contribution < -0.4 is 4.72 Å². The number of hydrogen-bond donors (Lipinski definition) is 1. The summed E-state index contributed by atoms with van der Waals surface area (Å²) in [6.07, 6.45) is 0. The first-order valence-electron chi connectivity index (χ1n) is 8.23. The number of nitrogens with zero attached hydrogens (tertiary/aromatic N) is 1. The Bertz CT molecular complexity index is 1090. The summed E-state index contributed by atoms with van der Waals surface area (Å²) in [4.78, 5) is -0.0345. The van der Waals surface area contributed by atoms with Gasteiger partial charge in [0.1, 0.15) is 11.6 Å². The first kappa shape index (κ1) is 19.0. The number of aromatic nitrogens is 1. The monoisotopic (exact) mass is 392 g/mol. The standard InChI is InChI=1S/C19H18F2N2O3S/c1-11(2)15-6-4-13(18-8-12(3)22-26-18)9-19(15)27(24,25)23-17-10-14(20)5-7-16(17)21/h4-11,23H,1-3H3. The molecule has 1 aromatic heterocycles. The normalized spacial score (nSPS) is 11.8. The largest absolute Gasteiger partial charge is 0.356 e. The molecule has 142 valence electrons. The van der Waals surface area contributed by atoms with E-state index >= 15 is 0 Å². The molecule has 2 aromatic carbocycles. The van der Waals surface area contributed by atoms with Crippen LogP contribution in [0, 0.1) is 18.6 Å². The zero-order valence-corrected chi connectivity index (χ0v) is 15.8. The lowest BCUT2D eigenvalue weighted by atomic mass is 10.0. The number of aryl methyl sites for hydroxylation is 1. The molecule has 0 unspecified atom stereocenters. The highest BCUT2D eigenvalue weighted by molar-refractivity contribution is 7.92. The lowest BCUT2D eigenvalue weighted by Crippen LogP contribution is -2.16. The molecule has 1 N–H and O–H groups in total. The summed E-state index contributed by atoms with van der Waals surface area (Å²) < 4.78 is 60.5. The molecule has 0 saturated carbocycles. The maximum absolute atomic E-state index is 13.9. The molecule has 0 atom stereocenters. The Morgan fingerprint density at radius 1 is 1.07 bits per heavy atom. The van der Waals surface area contributed by atoms with Crippen molar-refractivity contribution in [1.29, 1.82) is 0 Å². The molecule has 0 amide bonds. The van der Waals surface area contributed by atoms with Crippen molar-refractivity contribution in [1.82, 2.24) is 5.16 Å². The van der Waals surface area contributed by atoms with E-state index in [1.165, 1.54) is 6.07 Å². The summed E-state index contributed by atoms with van der Waals surface area (Å²) in [6, 6.07) is 9.11. The molecule has 8 heteroatoms. The summed E-state index contributed by atoms with van der Waals surface area (Å²) in [5.74, 6) is -1.31. The fourth-order valence-electron chi connectivity index (χ4n) is 2.67. The van der Waals surface area contributed by atoms with E-state index in [4.69, 9.17) is 4.52 Å². The van der Waals surface area contributed by atoms with Crippen LogP contribution in [0.2, 0.25) is 0 Å². The van der Waals surface area contributed by atoms with Gasteiger partial charge in [0.2, 0.25) is 0 Å². The van der Waals surface area contributed by atoms with Crippen LogP contribution in [0.4, 0.5) is 14.5 Å². The highest BCUT2D eigenvalue weighted by Crippen LogP contribution is 2.31. The van der Waals surface area contributed by atoms with Gasteiger partial charge in [-0.05, 0) is 36.6 Å². The topological polar surface area (TPSA) is 72.2 Å². The van der Waals surface area contributed by atoms with Crippen LogP contribution in [0.3, 0.4) is 0 Å². The average Bonchev–Trinajstić information content (AvgIpc) is 3.04. The van der Waals surface area contributed by atoms with Gasteiger partial charge in [0.15, 0.2) is 5.76 Å². The summed E-state index contributed by atoms with van der Waals surface area (Å²) >= 11 is 0. The predicted octanol–water partition coefficient (Wildman–Crippen LogP) is 4.85. The Morgan fingerprint density at radius 2 is 1.81 bits per heavy atom. The summed E-state index contributed by atoms with van der Waals surface area (Å²) in [5, 5.41) is 3.80. The first-order chi connectivity index (χ1) is 12.7. The molecule has 3 rings (SSSR count). The van der Waals surface area contributed by atoms with Crippen molar-refractivity contribution >= 4 is 15.7 Å². The molecule has 0 spiro atoms. The third kappa shape index (κ3) is 4.00. The van der Waals surface area contributed by atoms with Gasteiger partial charge in [0.25, 0.3) is 10.0 Å². The molecule has 0 aliphatic heterocycles. The number of anilines is 1. The van der Waals surface area contributed by atoms with Crippen LogP contribution in [-0.4, -0.2) is 13.6 Å². The van der Waals surface area contributed by atoms with Gasteiger partial charge in [-0.25, -0.2) is 17.2 Å². The van der Waals surface area contributed by atoms with E-state index in [2.05, 4.69) is 9.88 Å². The van der Waals surface area contributed by atoms with Crippen LogP contribution in [0.15, 0.2) is 51.9 Å². The molecule has 27 heavy (non-hydrogen) atoms. The molecule has 0 radical (unpaired) electrons. The number of benzene rings is 2. The van der Waals surface area contributed by atoms with Gasteiger partial charge in [0.05, 0.1) is 16.3 Å². The maximum atomic E-state index is 13.9.